The molecule has 0 unspecified atom stereocenters. The van der Waals surface area contributed by atoms with E-state index >= 15 is 0 Å². The first-order valence-electron chi connectivity index (χ1n) is 5.70. The zero-order valence-electron chi connectivity index (χ0n) is 10.9. The molecule has 0 spiro atoms. The van der Waals surface area contributed by atoms with Crippen molar-refractivity contribution < 1.29 is 19.5 Å². The second-order valence-electron chi connectivity index (χ2n) is 4.59. The topological polar surface area (TPSA) is 77.9 Å². The molecule has 1 fully saturated rings. The van der Waals surface area contributed by atoms with Gasteiger partial charge in [-0.25, -0.2) is 4.79 Å². The van der Waals surface area contributed by atoms with Crippen LogP contribution in [0.2, 0.25) is 0 Å². The second kappa shape index (κ2) is 4.17. The van der Waals surface area contributed by atoms with Crippen molar-refractivity contribution in [3.8, 4) is 0 Å². The third kappa shape index (κ3) is 1.72. The fraction of sp³-hybridized carbons (Fsp3) is 0.308. The average molecular weight is 262 g/mol. The van der Waals surface area contributed by atoms with E-state index in [4.69, 9.17) is 0 Å². The summed E-state index contributed by atoms with van der Waals surface area (Å²) in [6.45, 7) is 1.85. The summed E-state index contributed by atoms with van der Waals surface area (Å²) < 4.78 is 0. The summed E-state index contributed by atoms with van der Waals surface area (Å²) in [6.07, 6.45) is 0. The van der Waals surface area contributed by atoms with Gasteiger partial charge in [-0.3, -0.25) is 19.4 Å². The Morgan fingerprint density at radius 2 is 1.37 bits per heavy atom. The van der Waals surface area contributed by atoms with Gasteiger partial charge >= 0.3 is 6.03 Å². The number of carbonyl (C=O) groups is 3. The predicted octanol–water partition coefficient (Wildman–Crippen LogP) is 0.233. The molecule has 1 aromatic carbocycles. The zero-order chi connectivity index (χ0) is 14.4. The van der Waals surface area contributed by atoms with Crippen molar-refractivity contribution in [1.29, 1.82) is 0 Å². The maximum atomic E-state index is 12.1. The number of aliphatic hydroxyl groups is 1. The molecule has 1 saturated heterocycles. The van der Waals surface area contributed by atoms with E-state index in [1.807, 2.05) is 6.92 Å². The molecular weight excluding hydrogens is 248 g/mol. The summed E-state index contributed by atoms with van der Waals surface area (Å²) in [5.74, 6) is -1.88. The van der Waals surface area contributed by atoms with Crippen molar-refractivity contribution in [1.82, 2.24) is 9.80 Å². The van der Waals surface area contributed by atoms with Gasteiger partial charge in [0.25, 0.3) is 11.8 Å². The van der Waals surface area contributed by atoms with Gasteiger partial charge in [0.15, 0.2) is 0 Å². The van der Waals surface area contributed by atoms with E-state index < -0.39 is 23.4 Å². The van der Waals surface area contributed by atoms with Crippen molar-refractivity contribution in [3.05, 3.63) is 35.4 Å². The van der Waals surface area contributed by atoms with Gasteiger partial charge in [-0.05, 0) is 6.92 Å². The quantitative estimate of drug-likeness (QED) is 0.735. The third-order valence-corrected chi connectivity index (χ3v) is 3.27. The summed E-state index contributed by atoms with van der Waals surface area (Å²) >= 11 is 0. The van der Waals surface area contributed by atoms with Gasteiger partial charge in [0.1, 0.15) is 0 Å². The molecule has 1 heterocycles. The maximum Gasteiger partial charge on any atom is 0.333 e. The number of hydrogen-bond donors (Lipinski definition) is 1. The van der Waals surface area contributed by atoms with Crippen molar-refractivity contribution >= 4 is 17.8 Å². The monoisotopic (exact) mass is 262 g/mol. The summed E-state index contributed by atoms with van der Waals surface area (Å²) in [5.41, 5.74) is -1.26. The molecule has 1 aliphatic rings. The molecule has 0 saturated carbocycles. The van der Waals surface area contributed by atoms with E-state index in [0.29, 0.717) is 0 Å². The van der Waals surface area contributed by atoms with Crippen LogP contribution in [0.1, 0.15) is 11.1 Å². The van der Waals surface area contributed by atoms with Crippen LogP contribution in [-0.4, -0.2) is 46.8 Å². The Hall–Kier alpha value is -2.21. The highest BCUT2D eigenvalue weighted by atomic mass is 16.3. The van der Waals surface area contributed by atoms with Crippen molar-refractivity contribution in [2.24, 2.45) is 0 Å². The number of rotatable bonds is 1. The largest absolute Gasteiger partial charge is 0.368 e. The first-order chi connectivity index (χ1) is 8.80. The van der Waals surface area contributed by atoms with E-state index in [1.54, 1.807) is 12.1 Å². The number of aryl methyl sites for hydroxylation is 1. The number of nitrogens with zero attached hydrogens (tertiary/aromatic N) is 2. The van der Waals surface area contributed by atoms with Gasteiger partial charge in [-0.1, -0.05) is 29.8 Å². The van der Waals surface area contributed by atoms with Gasteiger partial charge < -0.3 is 5.11 Å². The van der Waals surface area contributed by atoms with Crippen LogP contribution in [-0.2, 0) is 15.2 Å². The van der Waals surface area contributed by atoms with E-state index in [2.05, 4.69) is 0 Å². The molecular formula is C13H14N2O4. The van der Waals surface area contributed by atoms with E-state index in [1.165, 1.54) is 26.2 Å². The molecule has 1 aromatic rings. The molecule has 1 N–H and O–H groups in total. The highest BCUT2D eigenvalue weighted by Crippen LogP contribution is 2.30. The van der Waals surface area contributed by atoms with Crippen LogP contribution in [0.15, 0.2) is 24.3 Å². The Morgan fingerprint density at radius 3 is 1.79 bits per heavy atom. The first kappa shape index (κ1) is 13.2. The highest BCUT2D eigenvalue weighted by molar-refractivity contribution is 6.21. The Morgan fingerprint density at radius 1 is 0.947 bits per heavy atom. The Kier molecular flexibility index (Phi) is 2.90. The summed E-state index contributed by atoms with van der Waals surface area (Å²) in [6, 6.07) is 5.62. The lowest BCUT2D eigenvalue weighted by Crippen LogP contribution is -2.65. The molecule has 6 nitrogen and oxygen atoms in total. The Bertz CT molecular complexity index is 541. The molecule has 0 aromatic heterocycles. The minimum Gasteiger partial charge on any atom is -0.368 e. The number of benzene rings is 1. The average Bonchev–Trinajstić information content (AvgIpc) is 2.41. The van der Waals surface area contributed by atoms with Crippen molar-refractivity contribution in [2.75, 3.05) is 14.1 Å². The van der Waals surface area contributed by atoms with E-state index in [-0.39, 0.29) is 5.56 Å². The predicted molar refractivity (Wildman–Crippen MR) is 66.0 cm³/mol. The maximum absolute atomic E-state index is 12.1. The highest BCUT2D eigenvalue weighted by Gasteiger charge is 2.55. The number of imide groups is 2. The van der Waals surface area contributed by atoms with Crippen LogP contribution in [0, 0.1) is 6.92 Å². The van der Waals surface area contributed by atoms with Crippen LogP contribution in [0.25, 0.3) is 0 Å². The fourth-order valence-corrected chi connectivity index (χ4v) is 2.02. The van der Waals surface area contributed by atoms with Gasteiger partial charge in [0.2, 0.25) is 5.60 Å². The smallest absolute Gasteiger partial charge is 0.333 e. The van der Waals surface area contributed by atoms with Crippen LogP contribution in [0.5, 0.6) is 0 Å². The van der Waals surface area contributed by atoms with Gasteiger partial charge in [-0.2, -0.15) is 0 Å². The zero-order valence-corrected chi connectivity index (χ0v) is 10.9. The van der Waals surface area contributed by atoms with Crippen molar-refractivity contribution in [3.63, 3.8) is 0 Å². The molecule has 0 atom stereocenters. The molecule has 4 amide bonds. The van der Waals surface area contributed by atoms with Gasteiger partial charge in [0.05, 0.1) is 0 Å². The lowest BCUT2D eigenvalue weighted by molar-refractivity contribution is -0.169. The third-order valence-electron chi connectivity index (χ3n) is 3.27. The van der Waals surface area contributed by atoms with Crippen LogP contribution >= 0.6 is 0 Å². The summed E-state index contributed by atoms with van der Waals surface area (Å²) in [7, 11) is 2.46. The molecule has 1 aliphatic heterocycles. The Balaban J connectivity index is 2.57. The minimum atomic E-state index is -2.34. The Labute approximate surface area is 110 Å². The fourth-order valence-electron chi connectivity index (χ4n) is 2.02. The standard InChI is InChI=1S/C13H14N2O4/c1-8-4-6-9(7-5-8)13(19)10(16)14(2)12(18)15(3)11(13)17/h4-7,19H,1-3H3. The number of urea groups is 1. The molecule has 0 bridgehead atoms. The molecule has 6 heteroatoms. The molecule has 100 valence electrons. The molecule has 19 heavy (non-hydrogen) atoms. The number of hydrogen-bond acceptors (Lipinski definition) is 4. The number of amides is 4. The minimum absolute atomic E-state index is 0.152. The number of likely N-dealkylation sites (N-methyl/N-ethyl adjacent to an activating group) is 2. The summed E-state index contributed by atoms with van der Waals surface area (Å²) in [4.78, 5) is 37.3. The number of carbonyl (C=O) groups excluding carboxylic acids is 3. The molecule has 2 rings (SSSR count). The van der Waals surface area contributed by atoms with Gasteiger partial charge in [0, 0.05) is 19.7 Å². The second-order valence-corrected chi connectivity index (χ2v) is 4.59. The first-order valence-corrected chi connectivity index (χ1v) is 5.70. The van der Waals surface area contributed by atoms with Gasteiger partial charge in [-0.15, -0.1) is 0 Å². The number of barbiturate groups is 1. The van der Waals surface area contributed by atoms with E-state index in [0.717, 1.165) is 15.4 Å². The lowest BCUT2D eigenvalue weighted by Gasteiger charge is -2.38. The SMILES string of the molecule is Cc1ccc(C2(O)C(=O)N(C)C(=O)N(C)C2=O)cc1. The van der Waals surface area contributed by atoms with Crippen LogP contribution in [0.3, 0.4) is 0 Å². The van der Waals surface area contributed by atoms with Crippen LogP contribution < -0.4 is 0 Å². The van der Waals surface area contributed by atoms with E-state index in [9.17, 15) is 19.5 Å². The molecule has 0 radical (unpaired) electrons. The lowest BCUT2D eigenvalue weighted by atomic mass is 9.89. The molecule has 0 aliphatic carbocycles. The van der Waals surface area contributed by atoms with Crippen LogP contribution in [0.4, 0.5) is 4.79 Å². The normalized spacial score (nSPS) is 19.1. The summed E-state index contributed by atoms with van der Waals surface area (Å²) in [5, 5.41) is 10.5. The van der Waals surface area contributed by atoms with Crippen molar-refractivity contribution in [2.45, 2.75) is 12.5 Å².